The van der Waals surface area contributed by atoms with Crippen LogP contribution >= 0.6 is 11.8 Å². The zero-order chi connectivity index (χ0) is 20.5. The molecule has 0 aliphatic carbocycles. The Bertz CT molecular complexity index is 1370. The van der Waals surface area contributed by atoms with Crippen LogP contribution in [0.3, 0.4) is 0 Å². The van der Waals surface area contributed by atoms with Crippen molar-refractivity contribution in [3.63, 3.8) is 0 Å². The van der Waals surface area contributed by atoms with Gasteiger partial charge in [0.15, 0.2) is 5.65 Å². The Labute approximate surface area is 176 Å². The Kier molecular flexibility index (Phi) is 4.61. The number of H-pyrrole nitrogens is 1. The predicted molar refractivity (Wildman–Crippen MR) is 119 cm³/mol. The zero-order valence-corrected chi connectivity index (χ0v) is 16.6. The van der Waals surface area contributed by atoms with Crippen molar-refractivity contribution in [2.75, 3.05) is 0 Å². The van der Waals surface area contributed by atoms with Gasteiger partial charge in [0.25, 0.3) is 5.56 Å². The Balaban J connectivity index is 1.49. The smallest absolute Gasteiger partial charge is 0.280 e. The van der Waals surface area contributed by atoms with Crippen LogP contribution < -0.4 is 5.56 Å². The van der Waals surface area contributed by atoms with Gasteiger partial charge in [-0.1, -0.05) is 54.2 Å². The standard InChI is InChI=1S/C24H17N3O2S/c28-18-10-6-17(7-11-18)22-14-25-23-21(15-26-27(23)24(22)29)16-8-12-20(13-9-16)30-19-4-2-1-3-5-19/h1-15,26,28H. The molecule has 5 nitrogen and oxygen atoms in total. The number of phenolic OH excluding ortho intramolecular Hbond substituents is 1. The number of phenols is 1. The lowest BCUT2D eigenvalue weighted by Gasteiger charge is -2.05. The Morgan fingerprint density at radius 1 is 0.800 bits per heavy atom. The first-order valence-electron chi connectivity index (χ1n) is 9.41. The number of benzene rings is 3. The molecule has 3 aromatic carbocycles. The molecule has 5 rings (SSSR count). The minimum Gasteiger partial charge on any atom is -0.508 e. The van der Waals surface area contributed by atoms with Gasteiger partial charge in [-0.3, -0.25) is 9.89 Å². The van der Waals surface area contributed by atoms with Gasteiger partial charge in [-0.05, 0) is 47.5 Å². The van der Waals surface area contributed by atoms with Gasteiger partial charge in [0, 0.05) is 27.7 Å². The number of nitrogens with zero attached hydrogens (tertiary/aromatic N) is 2. The lowest BCUT2D eigenvalue weighted by atomic mass is 10.1. The van der Waals surface area contributed by atoms with E-state index in [0.717, 1.165) is 16.0 Å². The number of fused-ring (bicyclic) bond motifs is 1. The maximum Gasteiger partial charge on any atom is 0.280 e. The Morgan fingerprint density at radius 3 is 2.17 bits per heavy atom. The third-order valence-electron chi connectivity index (χ3n) is 4.86. The van der Waals surface area contributed by atoms with Crippen LogP contribution in [0.15, 0.2) is 106 Å². The van der Waals surface area contributed by atoms with E-state index < -0.39 is 0 Å². The van der Waals surface area contributed by atoms with Crippen molar-refractivity contribution in [3.8, 4) is 28.0 Å². The van der Waals surface area contributed by atoms with Crippen molar-refractivity contribution in [2.45, 2.75) is 9.79 Å². The van der Waals surface area contributed by atoms with E-state index in [9.17, 15) is 9.90 Å². The average molecular weight is 411 g/mol. The maximum atomic E-state index is 12.9. The second-order valence-corrected chi connectivity index (χ2v) is 7.96. The molecule has 0 atom stereocenters. The first kappa shape index (κ1) is 18.3. The van der Waals surface area contributed by atoms with Crippen LogP contribution in [0.1, 0.15) is 0 Å². The van der Waals surface area contributed by atoms with Gasteiger partial charge in [0.2, 0.25) is 0 Å². The average Bonchev–Trinajstić information content (AvgIpc) is 3.21. The summed E-state index contributed by atoms with van der Waals surface area (Å²) in [5.41, 5.74) is 3.41. The molecule has 146 valence electrons. The fourth-order valence-corrected chi connectivity index (χ4v) is 4.17. The van der Waals surface area contributed by atoms with Crippen LogP contribution in [0.25, 0.3) is 27.9 Å². The molecule has 5 aromatic rings. The van der Waals surface area contributed by atoms with E-state index in [0.29, 0.717) is 16.8 Å². The second-order valence-electron chi connectivity index (χ2n) is 6.81. The van der Waals surface area contributed by atoms with E-state index in [2.05, 4.69) is 34.3 Å². The molecule has 0 bridgehead atoms. The van der Waals surface area contributed by atoms with Crippen molar-refractivity contribution in [2.24, 2.45) is 0 Å². The molecule has 2 aromatic heterocycles. The molecule has 6 heteroatoms. The van der Waals surface area contributed by atoms with Crippen molar-refractivity contribution in [1.82, 2.24) is 14.6 Å². The predicted octanol–water partition coefficient (Wildman–Crippen LogP) is 5.21. The van der Waals surface area contributed by atoms with Crippen LogP contribution in [-0.4, -0.2) is 19.7 Å². The number of nitrogens with one attached hydrogen (secondary N) is 1. The Hall–Kier alpha value is -3.77. The molecule has 0 radical (unpaired) electrons. The van der Waals surface area contributed by atoms with Crippen LogP contribution in [0.4, 0.5) is 0 Å². The molecule has 2 N–H and O–H groups in total. The molecule has 0 unspecified atom stereocenters. The molecular weight excluding hydrogens is 394 g/mol. The van der Waals surface area contributed by atoms with Gasteiger partial charge in [0.05, 0.1) is 5.56 Å². The molecule has 0 saturated heterocycles. The summed E-state index contributed by atoms with van der Waals surface area (Å²) in [6.45, 7) is 0. The summed E-state index contributed by atoms with van der Waals surface area (Å²) in [5, 5.41) is 12.5. The largest absolute Gasteiger partial charge is 0.508 e. The van der Waals surface area contributed by atoms with E-state index in [1.165, 1.54) is 9.41 Å². The van der Waals surface area contributed by atoms with Crippen LogP contribution in [0.5, 0.6) is 5.75 Å². The fourth-order valence-electron chi connectivity index (χ4n) is 3.34. The first-order chi connectivity index (χ1) is 14.7. The van der Waals surface area contributed by atoms with Gasteiger partial charge < -0.3 is 5.11 Å². The fraction of sp³-hybridized carbons (Fsp3) is 0. The topological polar surface area (TPSA) is 70.4 Å². The number of aromatic nitrogens is 3. The summed E-state index contributed by atoms with van der Waals surface area (Å²) in [4.78, 5) is 19.8. The van der Waals surface area contributed by atoms with E-state index in [-0.39, 0.29) is 11.3 Å². The zero-order valence-electron chi connectivity index (χ0n) is 15.8. The number of hydrogen-bond donors (Lipinski definition) is 2. The van der Waals surface area contributed by atoms with Crippen LogP contribution in [0, 0.1) is 0 Å². The van der Waals surface area contributed by atoms with Crippen LogP contribution in [-0.2, 0) is 0 Å². The number of rotatable bonds is 4. The molecule has 0 aliphatic rings. The quantitative estimate of drug-likeness (QED) is 0.426. The lowest BCUT2D eigenvalue weighted by Crippen LogP contribution is -2.16. The monoisotopic (exact) mass is 411 g/mol. The lowest BCUT2D eigenvalue weighted by molar-refractivity contribution is 0.475. The van der Waals surface area contributed by atoms with Crippen molar-refractivity contribution in [1.29, 1.82) is 0 Å². The first-order valence-corrected chi connectivity index (χ1v) is 10.2. The highest BCUT2D eigenvalue weighted by molar-refractivity contribution is 7.99. The van der Waals surface area contributed by atoms with Gasteiger partial charge in [0.1, 0.15) is 5.75 Å². The van der Waals surface area contributed by atoms with Crippen LogP contribution in [0.2, 0.25) is 0 Å². The van der Waals surface area contributed by atoms with Crippen molar-refractivity contribution >= 4 is 17.4 Å². The minimum atomic E-state index is -0.187. The normalized spacial score (nSPS) is 11.1. The van der Waals surface area contributed by atoms with Gasteiger partial charge in [-0.25, -0.2) is 9.50 Å². The SMILES string of the molecule is O=c1c(-c2ccc(O)cc2)cnc2c(-c3ccc(Sc4ccccc4)cc3)c[nH]n12. The number of aromatic amines is 1. The summed E-state index contributed by atoms with van der Waals surface area (Å²) < 4.78 is 1.45. The second kappa shape index (κ2) is 7.57. The van der Waals surface area contributed by atoms with Gasteiger partial charge >= 0.3 is 0 Å². The summed E-state index contributed by atoms with van der Waals surface area (Å²) in [5.74, 6) is 0.156. The molecule has 0 aliphatic heterocycles. The third kappa shape index (κ3) is 3.38. The Morgan fingerprint density at radius 2 is 1.43 bits per heavy atom. The molecule has 0 fully saturated rings. The summed E-state index contributed by atoms with van der Waals surface area (Å²) in [7, 11) is 0. The molecule has 2 heterocycles. The molecular formula is C24H17N3O2S. The summed E-state index contributed by atoms with van der Waals surface area (Å²) in [6.07, 6.45) is 3.38. The molecule has 0 spiro atoms. The van der Waals surface area contributed by atoms with E-state index in [1.807, 2.05) is 30.3 Å². The van der Waals surface area contributed by atoms with Gasteiger partial charge in [-0.15, -0.1) is 0 Å². The number of aromatic hydroxyl groups is 1. The molecule has 0 amide bonds. The van der Waals surface area contributed by atoms with E-state index >= 15 is 0 Å². The van der Waals surface area contributed by atoms with E-state index in [4.69, 9.17) is 0 Å². The van der Waals surface area contributed by atoms with Crippen molar-refractivity contribution < 1.29 is 5.11 Å². The summed E-state index contributed by atoms with van der Waals surface area (Å²) >= 11 is 1.70. The maximum absolute atomic E-state index is 12.9. The van der Waals surface area contributed by atoms with E-state index in [1.54, 1.807) is 48.4 Å². The highest BCUT2D eigenvalue weighted by atomic mass is 32.2. The highest BCUT2D eigenvalue weighted by Crippen LogP contribution is 2.30. The highest BCUT2D eigenvalue weighted by Gasteiger charge is 2.13. The number of hydrogen-bond acceptors (Lipinski definition) is 4. The van der Waals surface area contributed by atoms with Gasteiger partial charge in [-0.2, -0.15) is 0 Å². The van der Waals surface area contributed by atoms with Crippen molar-refractivity contribution in [3.05, 3.63) is 102 Å². The third-order valence-corrected chi connectivity index (χ3v) is 5.88. The minimum absolute atomic E-state index is 0.156. The molecule has 30 heavy (non-hydrogen) atoms. The molecule has 0 saturated carbocycles. The summed E-state index contributed by atoms with van der Waals surface area (Å²) in [6, 6.07) is 24.9.